The van der Waals surface area contributed by atoms with E-state index >= 15 is 0 Å². The van der Waals surface area contributed by atoms with E-state index < -0.39 is 29.5 Å². The average molecular weight is 460 g/mol. The van der Waals surface area contributed by atoms with Crippen molar-refractivity contribution in [3.05, 3.63) is 82.4 Å². The van der Waals surface area contributed by atoms with E-state index in [1.807, 2.05) is 0 Å². The van der Waals surface area contributed by atoms with Gasteiger partial charge in [0.15, 0.2) is 5.60 Å². The molecular weight excluding hydrogens is 444 g/mol. The lowest BCUT2D eigenvalue weighted by atomic mass is 9.76. The molecule has 3 aromatic carbocycles. The van der Waals surface area contributed by atoms with Crippen molar-refractivity contribution < 1.29 is 43.2 Å². The summed E-state index contributed by atoms with van der Waals surface area (Å²) in [6.07, 6.45) is 0. The Bertz CT molecular complexity index is 1350. The fourth-order valence-corrected chi connectivity index (χ4v) is 4.38. The molecule has 2 aliphatic rings. The minimum atomic E-state index is -1.66. The van der Waals surface area contributed by atoms with Gasteiger partial charge in [-0.2, -0.15) is 0 Å². The molecule has 0 radical (unpaired) electrons. The van der Waals surface area contributed by atoms with Crippen LogP contribution < -0.4 is 14.2 Å². The van der Waals surface area contributed by atoms with Crippen LogP contribution in [0.2, 0.25) is 0 Å². The number of hydrogen-bond donors (Lipinski definition) is 1. The lowest BCUT2D eigenvalue weighted by Gasteiger charge is -2.37. The first-order chi connectivity index (χ1) is 16.2. The molecule has 1 N–H and O–H groups in total. The second kappa shape index (κ2) is 7.45. The van der Waals surface area contributed by atoms with Crippen molar-refractivity contribution in [1.82, 2.24) is 0 Å². The number of esters is 3. The van der Waals surface area contributed by atoms with Gasteiger partial charge in [-0.1, -0.05) is 6.07 Å². The van der Waals surface area contributed by atoms with Crippen molar-refractivity contribution in [3.8, 4) is 23.0 Å². The molecule has 0 bridgehead atoms. The third-order valence-corrected chi connectivity index (χ3v) is 5.52. The number of ether oxygens (including phenoxy) is 4. The van der Waals surface area contributed by atoms with E-state index in [9.17, 15) is 24.3 Å². The minimum Gasteiger partial charge on any atom is -0.478 e. The van der Waals surface area contributed by atoms with Gasteiger partial charge in [0, 0.05) is 42.7 Å². The summed E-state index contributed by atoms with van der Waals surface area (Å²) >= 11 is 0. The van der Waals surface area contributed by atoms with Crippen LogP contribution >= 0.6 is 0 Å². The number of rotatable bonds is 3. The van der Waals surface area contributed by atoms with Crippen LogP contribution in [0.1, 0.15) is 51.3 Å². The predicted octanol–water partition coefficient (Wildman–Crippen LogP) is 3.80. The Morgan fingerprint density at radius 2 is 1.41 bits per heavy atom. The first-order valence-electron chi connectivity index (χ1n) is 10.1. The lowest BCUT2D eigenvalue weighted by Crippen LogP contribution is -2.34. The standard InChI is InChI=1S/C25H16O9/c1-12(26)31-14-6-8-18-20(10-14)33-21-11-15(32-13(2)27)7-9-19(21)25(18)22-16(23(28)29)4-3-5-17(22)24(30)34-25/h3-11H,1-2H3,(H,28,29). The van der Waals surface area contributed by atoms with Gasteiger partial charge in [-0.15, -0.1) is 0 Å². The van der Waals surface area contributed by atoms with Crippen molar-refractivity contribution in [2.24, 2.45) is 0 Å². The first-order valence-corrected chi connectivity index (χ1v) is 10.1. The monoisotopic (exact) mass is 460 g/mol. The third-order valence-electron chi connectivity index (χ3n) is 5.52. The number of benzene rings is 3. The van der Waals surface area contributed by atoms with Gasteiger partial charge in [-0.3, -0.25) is 9.59 Å². The van der Waals surface area contributed by atoms with E-state index in [4.69, 9.17) is 18.9 Å². The molecule has 0 saturated heterocycles. The number of fused-ring (bicyclic) bond motifs is 6. The molecule has 0 saturated carbocycles. The number of aromatic carboxylic acids is 1. The Balaban J connectivity index is 1.83. The molecule has 9 heteroatoms. The summed E-state index contributed by atoms with van der Waals surface area (Å²) in [5.74, 6) is -2.34. The van der Waals surface area contributed by atoms with Gasteiger partial charge in [-0.05, 0) is 36.4 Å². The van der Waals surface area contributed by atoms with Crippen LogP contribution in [0.5, 0.6) is 23.0 Å². The van der Waals surface area contributed by atoms with E-state index in [0.717, 1.165) is 0 Å². The summed E-state index contributed by atoms with van der Waals surface area (Å²) in [6, 6.07) is 13.3. The molecule has 0 amide bonds. The molecule has 1 spiro atoms. The SMILES string of the molecule is CC(=O)Oc1ccc2c(c1)Oc1cc(OC(C)=O)ccc1C21OC(=O)c2cccc(C(=O)O)c21. The van der Waals surface area contributed by atoms with Crippen LogP contribution in [0.25, 0.3) is 0 Å². The summed E-state index contributed by atoms with van der Waals surface area (Å²) < 4.78 is 22.3. The highest BCUT2D eigenvalue weighted by Crippen LogP contribution is 2.57. The number of hydrogen-bond acceptors (Lipinski definition) is 8. The van der Waals surface area contributed by atoms with E-state index in [1.54, 1.807) is 12.1 Å². The van der Waals surface area contributed by atoms with Crippen molar-refractivity contribution in [2.75, 3.05) is 0 Å². The van der Waals surface area contributed by atoms with Crippen molar-refractivity contribution in [1.29, 1.82) is 0 Å². The normalized spacial score (nSPS) is 14.2. The lowest BCUT2D eigenvalue weighted by molar-refractivity contribution is -0.132. The fraction of sp³-hybridized carbons (Fsp3) is 0.120. The van der Waals surface area contributed by atoms with E-state index in [-0.39, 0.29) is 39.7 Å². The van der Waals surface area contributed by atoms with Gasteiger partial charge in [0.05, 0.1) is 11.1 Å². The Morgan fingerprint density at radius 1 is 0.853 bits per heavy atom. The maximum Gasteiger partial charge on any atom is 0.340 e. The van der Waals surface area contributed by atoms with Crippen molar-refractivity contribution >= 4 is 23.9 Å². The Kier molecular flexibility index (Phi) is 4.64. The molecule has 9 nitrogen and oxygen atoms in total. The zero-order valence-corrected chi connectivity index (χ0v) is 17.9. The zero-order chi connectivity index (χ0) is 24.2. The Morgan fingerprint density at radius 3 is 1.91 bits per heavy atom. The highest BCUT2D eigenvalue weighted by Gasteiger charge is 2.55. The molecule has 2 aliphatic heterocycles. The molecule has 0 fully saturated rings. The van der Waals surface area contributed by atoms with Gasteiger partial charge in [0.1, 0.15) is 23.0 Å². The van der Waals surface area contributed by atoms with Gasteiger partial charge >= 0.3 is 23.9 Å². The van der Waals surface area contributed by atoms with Crippen LogP contribution in [0.3, 0.4) is 0 Å². The summed E-state index contributed by atoms with van der Waals surface area (Å²) in [7, 11) is 0. The Labute approximate surface area is 192 Å². The van der Waals surface area contributed by atoms with Crippen LogP contribution in [0.15, 0.2) is 54.6 Å². The molecule has 0 unspecified atom stereocenters. The zero-order valence-electron chi connectivity index (χ0n) is 17.9. The van der Waals surface area contributed by atoms with E-state index in [0.29, 0.717) is 11.1 Å². The van der Waals surface area contributed by atoms with Gasteiger partial charge < -0.3 is 24.1 Å². The van der Waals surface area contributed by atoms with Crippen molar-refractivity contribution in [2.45, 2.75) is 19.4 Å². The summed E-state index contributed by atoms with van der Waals surface area (Å²) in [4.78, 5) is 48.0. The van der Waals surface area contributed by atoms with Crippen LogP contribution in [0.4, 0.5) is 0 Å². The molecule has 0 atom stereocenters. The summed E-state index contributed by atoms with van der Waals surface area (Å²) in [6.45, 7) is 2.49. The maximum absolute atomic E-state index is 13.0. The molecule has 34 heavy (non-hydrogen) atoms. The highest BCUT2D eigenvalue weighted by molar-refractivity contribution is 6.02. The number of carbonyl (C=O) groups excluding carboxylic acids is 3. The second-order valence-corrected chi connectivity index (χ2v) is 7.71. The molecule has 0 aromatic heterocycles. The van der Waals surface area contributed by atoms with E-state index in [1.165, 1.54) is 56.3 Å². The number of carboxylic acid groups (broad SMARTS) is 1. The van der Waals surface area contributed by atoms with Crippen LogP contribution in [0, 0.1) is 0 Å². The van der Waals surface area contributed by atoms with E-state index in [2.05, 4.69) is 0 Å². The largest absolute Gasteiger partial charge is 0.478 e. The van der Waals surface area contributed by atoms with Gasteiger partial charge in [-0.25, -0.2) is 9.59 Å². The number of carbonyl (C=O) groups is 4. The number of carboxylic acids is 1. The molecule has 0 aliphatic carbocycles. The molecule has 170 valence electrons. The maximum atomic E-state index is 13.0. The van der Waals surface area contributed by atoms with Crippen LogP contribution in [-0.2, 0) is 19.9 Å². The molecule has 2 heterocycles. The van der Waals surface area contributed by atoms with Crippen molar-refractivity contribution in [3.63, 3.8) is 0 Å². The second-order valence-electron chi connectivity index (χ2n) is 7.71. The molecule has 3 aromatic rings. The molecule has 5 rings (SSSR count). The highest BCUT2D eigenvalue weighted by atomic mass is 16.6. The fourth-order valence-electron chi connectivity index (χ4n) is 4.38. The smallest absolute Gasteiger partial charge is 0.340 e. The van der Waals surface area contributed by atoms with Gasteiger partial charge in [0.2, 0.25) is 0 Å². The summed E-state index contributed by atoms with van der Waals surface area (Å²) in [5, 5.41) is 9.92. The average Bonchev–Trinajstić information content (AvgIpc) is 3.06. The Hall–Kier alpha value is -4.66. The predicted molar refractivity (Wildman–Crippen MR) is 114 cm³/mol. The topological polar surface area (TPSA) is 125 Å². The van der Waals surface area contributed by atoms with Crippen LogP contribution in [-0.4, -0.2) is 29.0 Å². The van der Waals surface area contributed by atoms with Gasteiger partial charge in [0.25, 0.3) is 0 Å². The third kappa shape index (κ3) is 3.09. The molecular formula is C25H16O9. The first kappa shape index (κ1) is 21.2. The minimum absolute atomic E-state index is 0.104. The summed E-state index contributed by atoms with van der Waals surface area (Å²) in [5.41, 5.74) is -0.830. The quantitative estimate of drug-likeness (QED) is 0.459.